The van der Waals surface area contributed by atoms with E-state index in [-0.39, 0.29) is 40.0 Å². The van der Waals surface area contributed by atoms with Crippen molar-refractivity contribution in [2.45, 2.75) is 150 Å². The second-order valence-corrected chi connectivity index (χ2v) is 18.3. The number of aliphatic hydroxyl groups excluding tert-OH is 3. The molecule has 9 heteroatoms. The number of carbonyl (C=O) groups is 2. The summed E-state index contributed by atoms with van der Waals surface area (Å²) in [4.78, 5) is 23.9. The molecule has 0 bridgehead atoms. The molecule has 6 aliphatic rings. The smallest absolute Gasteiger partial charge is 0.310 e. The lowest BCUT2D eigenvalue weighted by Gasteiger charge is -2.71. The molecule has 5 aliphatic carbocycles. The Morgan fingerprint density at radius 2 is 1.61 bits per heavy atom. The summed E-state index contributed by atoms with van der Waals surface area (Å²) in [5.74, 6) is -0.494. The van der Waals surface area contributed by atoms with Gasteiger partial charge in [-0.05, 0) is 115 Å². The summed E-state index contributed by atoms with van der Waals surface area (Å²) in [6, 6.07) is 0. The molecule has 6 rings (SSSR count). The topological polar surface area (TPSA) is 134 Å². The van der Waals surface area contributed by atoms with E-state index in [0.29, 0.717) is 12.3 Å². The number of hydrogen-bond acceptors (Lipinski definition) is 7. The average Bonchev–Trinajstić information content (AvgIpc) is 2.97. The van der Waals surface area contributed by atoms with E-state index in [1.54, 1.807) is 0 Å². The number of carboxylic acid groups (broad SMARTS) is 1. The van der Waals surface area contributed by atoms with Gasteiger partial charge in [-0.15, -0.1) is 0 Å². The standard InChI is InChI=1S/C37H57FO8/c1-32(2)14-16-37(31(43)44)17-15-35(6)20(22(37)18-32)8-9-24-34(5)12-10-21(33(3,4)23(34)11-13-36(24,35)7)25(38)29-27(41)26(40)28(42)30(46-29)45-19-39/h8,19,21-30,40-42H,9-18H2,1-7H3,(H,43,44)/t21-,22?,23?,24?,25+,26?,27+,28+,29+,30?,34+,35-,36-,37+/m1/s1. The van der Waals surface area contributed by atoms with Crippen molar-refractivity contribution in [2.24, 2.45) is 56.2 Å². The van der Waals surface area contributed by atoms with Gasteiger partial charge in [-0.1, -0.05) is 60.1 Å². The number of alkyl halides is 1. The van der Waals surface area contributed by atoms with Crippen LogP contribution in [0, 0.1) is 56.2 Å². The van der Waals surface area contributed by atoms with Gasteiger partial charge < -0.3 is 29.9 Å². The Kier molecular flexibility index (Phi) is 8.19. The van der Waals surface area contributed by atoms with E-state index in [2.05, 4.69) is 54.5 Å². The summed E-state index contributed by atoms with van der Waals surface area (Å²) in [6.07, 6.45) is 1.16. The van der Waals surface area contributed by atoms with E-state index >= 15 is 4.39 Å². The summed E-state index contributed by atoms with van der Waals surface area (Å²) in [7, 11) is 0. The van der Waals surface area contributed by atoms with Gasteiger partial charge in [0.1, 0.15) is 30.6 Å². The molecule has 8 nitrogen and oxygen atoms in total. The molecule has 1 aliphatic heterocycles. The van der Waals surface area contributed by atoms with Crippen LogP contribution in [0.2, 0.25) is 0 Å². The zero-order chi connectivity index (χ0) is 33.8. The third kappa shape index (κ3) is 4.56. The highest BCUT2D eigenvalue weighted by Gasteiger charge is 2.70. The highest BCUT2D eigenvalue weighted by Crippen LogP contribution is 2.76. The molecule has 5 fully saturated rings. The minimum atomic E-state index is -1.71. The average molecular weight is 649 g/mol. The van der Waals surface area contributed by atoms with Crippen molar-refractivity contribution in [3.05, 3.63) is 11.6 Å². The lowest BCUT2D eigenvalue weighted by Crippen LogP contribution is -2.66. The van der Waals surface area contributed by atoms with Gasteiger partial charge in [-0.2, -0.15) is 0 Å². The van der Waals surface area contributed by atoms with E-state index in [4.69, 9.17) is 9.47 Å². The fourth-order valence-electron chi connectivity index (χ4n) is 12.8. The highest BCUT2D eigenvalue weighted by atomic mass is 19.1. The Morgan fingerprint density at radius 1 is 0.935 bits per heavy atom. The van der Waals surface area contributed by atoms with Gasteiger partial charge in [0.25, 0.3) is 6.47 Å². The first-order valence-corrected chi connectivity index (χ1v) is 17.7. The molecule has 0 aromatic heterocycles. The number of allylic oxidation sites excluding steroid dienone is 2. The number of aliphatic carboxylic acids is 1. The monoisotopic (exact) mass is 648 g/mol. The normalized spacial score (nSPS) is 51.6. The van der Waals surface area contributed by atoms with Crippen molar-refractivity contribution in [3.63, 3.8) is 0 Å². The van der Waals surface area contributed by atoms with Gasteiger partial charge in [0.05, 0.1) is 5.41 Å². The van der Waals surface area contributed by atoms with Gasteiger partial charge in [0.15, 0.2) is 0 Å². The minimum Gasteiger partial charge on any atom is -0.481 e. The van der Waals surface area contributed by atoms with E-state index in [9.17, 15) is 30.0 Å². The maximum atomic E-state index is 16.7. The third-order valence-electron chi connectivity index (χ3n) is 15.7. The molecular weight excluding hydrogens is 591 g/mol. The maximum absolute atomic E-state index is 16.7. The molecular formula is C37H57FO8. The van der Waals surface area contributed by atoms with Gasteiger partial charge in [0.2, 0.25) is 6.29 Å². The van der Waals surface area contributed by atoms with Crippen molar-refractivity contribution < 1.29 is 43.9 Å². The summed E-state index contributed by atoms with van der Waals surface area (Å²) in [5.41, 5.74) is 0.162. The van der Waals surface area contributed by atoms with Crippen LogP contribution in [0.1, 0.15) is 113 Å². The fourth-order valence-corrected chi connectivity index (χ4v) is 12.8. The molecule has 0 amide bonds. The number of rotatable bonds is 5. The number of ether oxygens (including phenoxy) is 2. The number of halogens is 1. The van der Waals surface area contributed by atoms with E-state index < -0.39 is 59.6 Å². The molecule has 0 spiro atoms. The second-order valence-electron chi connectivity index (χ2n) is 18.3. The highest BCUT2D eigenvalue weighted by molar-refractivity contribution is 5.76. The largest absolute Gasteiger partial charge is 0.481 e. The van der Waals surface area contributed by atoms with Crippen LogP contribution >= 0.6 is 0 Å². The van der Waals surface area contributed by atoms with E-state index in [1.165, 1.54) is 5.57 Å². The minimum absolute atomic E-state index is 0.0189. The molecule has 14 atom stereocenters. The lowest BCUT2D eigenvalue weighted by molar-refractivity contribution is -0.301. The van der Waals surface area contributed by atoms with Crippen LogP contribution in [0.5, 0.6) is 0 Å². The van der Waals surface area contributed by atoms with Crippen LogP contribution in [-0.4, -0.2) is 69.7 Å². The Bertz CT molecular complexity index is 1270. The van der Waals surface area contributed by atoms with Crippen molar-refractivity contribution in [1.29, 1.82) is 0 Å². The molecule has 260 valence electrons. The first kappa shape index (κ1) is 34.3. The number of aliphatic hydroxyl groups is 3. The summed E-state index contributed by atoms with van der Waals surface area (Å²) < 4.78 is 27.1. The van der Waals surface area contributed by atoms with Gasteiger partial charge >= 0.3 is 5.97 Å². The van der Waals surface area contributed by atoms with E-state index in [0.717, 1.165) is 57.8 Å². The van der Waals surface area contributed by atoms with Crippen LogP contribution < -0.4 is 0 Å². The van der Waals surface area contributed by atoms with Crippen molar-refractivity contribution >= 4 is 12.4 Å². The Morgan fingerprint density at radius 3 is 2.26 bits per heavy atom. The number of carbonyl (C=O) groups excluding carboxylic acids is 1. The number of fused-ring (bicyclic) bond motifs is 7. The van der Waals surface area contributed by atoms with Crippen molar-refractivity contribution in [2.75, 3.05) is 0 Å². The molecule has 5 unspecified atom stereocenters. The molecule has 46 heavy (non-hydrogen) atoms. The Hall–Kier alpha value is -1.55. The quantitative estimate of drug-likeness (QED) is 0.217. The predicted molar refractivity (Wildman–Crippen MR) is 169 cm³/mol. The van der Waals surface area contributed by atoms with Crippen LogP contribution in [0.15, 0.2) is 11.6 Å². The molecule has 1 heterocycles. The molecule has 1 saturated heterocycles. The zero-order valence-corrected chi connectivity index (χ0v) is 28.8. The first-order chi connectivity index (χ1) is 21.3. The van der Waals surface area contributed by atoms with Crippen molar-refractivity contribution in [3.8, 4) is 0 Å². The first-order valence-electron chi connectivity index (χ1n) is 17.7. The van der Waals surface area contributed by atoms with Gasteiger partial charge in [0, 0.05) is 0 Å². The van der Waals surface area contributed by atoms with Crippen LogP contribution in [0.4, 0.5) is 4.39 Å². The Balaban J connectivity index is 1.30. The molecule has 0 aromatic carbocycles. The molecule has 4 N–H and O–H groups in total. The molecule has 4 saturated carbocycles. The Labute approximate surface area is 273 Å². The summed E-state index contributed by atoms with van der Waals surface area (Å²) >= 11 is 0. The summed E-state index contributed by atoms with van der Waals surface area (Å²) in [5, 5.41) is 42.1. The third-order valence-corrected chi connectivity index (χ3v) is 15.7. The fraction of sp³-hybridized carbons (Fsp3) is 0.892. The van der Waals surface area contributed by atoms with Crippen LogP contribution in [0.3, 0.4) is 0 Å². The van der Waals surface area contributed by atoms with Crippen LogP contribution in [0.25, 0.3) is 0 Å². The van der Waals surface area contributed by atoms with Gasteiger partial charge in [-0.25, -0.2) is 4.39 Å². The van der Waals surface area contributed by atoms with Crippen LogP contribution in [-0.2, 0) is 19.1 Å². The SMILES string of the molecule is CC1(C)CC[C@]2(C(=O)O)CC[C@]3(C)C(=CCC4[C@@]5(C)CC[C@H]([C@H](F)[C@@H]6OC(OC=O)[C@@H](O)C(O)[C@@H]6O)C(C)(C)C5CC[C@]43C)C2C1. The molecule has 0 aromatic rings. The number of carboxylic acids is 1. The lowest BCUT2D eigenvalue weighted by atomic mass is 9.33. The molecule has 0 radical (unpaired) electrons. The predicted octanol–water partition coefficient (Wildman–Crippen LogP) is 5.81. The number of hydrogen-bond donors (Lipinski definition) is 4. The zero-order valence-electron chi connectivity index (χ0n) is 28.8. The maximum Gasteiger partial charge on any atom is 0.310 e. The van der Waals surface area contributed by atoms with Gasteiger partial charge in [-0.3, -0.25) is 9.59 Å². The van der Waals surface area contributed by atoms with Crippen molar-refractivity contribution in [1.82, 2.24) is 0 Å². The second kappa shape index (κ2) is 11.0. The van der Waals surface area contributed by atoms with E-state index in [1.807, 2.05) is 0 Å². The summed E-state index contributed by atoms with van der Waals surface area (Å²) in [6.45, 7) is 16.2.